The van der Waals surface area contributed by atoms with Gasteiger partial charge in [0, 0.05) is 11.6 Å². The molecule has 0 radical (unpaired) electrons. The van der Waals surface area contributed by atoms with Crippen molar-refractivity contribution in [2.24, 2.45) is 0 Å². The van der Waals surface area contributed by atoms with Gasteiger partial charge in [-0.05, 0) is 6.42 Å². The lowest BCUT2D eigenvalue weighted by Gasteiger charge is -2.11. The Hall–Kier alpha value is -1.10. The molecule has 0 spiro atoms. The fourth-order valence-corrected chi connectivity index (χ4v) is 1.57. The average Bonchev–Trinajstić information content (AvgIpc) is 2.56. The molecule has 1 atom stereocenters. The van der Waals surface area contributed by atoms with E-state index in [4.69, 9.17) is 5.11 Å². The third-order valence-electron chi connectivity index (χ3n) is 1.61. The maximum Gasteiger partial charge on any atom is 0.326 e. The zero-order chi connectivity index (χ0) is 9.68. The standard InChI is InChI=1S/C8H12N2O2S/c1-2-3-6(7(11)12)10-8-9-4-5-13-8/h4-6H,2-3H2,1H3,(H,9,10)(H,11,12). The molecule has 1 rings (SSSR count). The van der Waals surface area contributed by atoms with Crippen molar-refractivity contribution in [3.63, 3.8) is 0 Å². The Kier molecular flexibility index (Phi) is 3.70. The number of hydrogen-bond acceptors (Lipinski definition) is 4. The summed E-state index contributed by atoms with van der Waals surface area (Å²) in [6.07, 6.45) is 3.11. The second-order valence-corrected chi connectivity index (χ2v) is 3.56. The maximum atomic E-state index is 10.7. The third-order valence-corrected chi connectivity index (χ3v) is 2.31. The first-order valence-electron chi connectivity index (χ1n) is 4.13. The summed E-state index contributed by atoms with van der Waals surface area (Å²) in [5.41, 5.74) is 0. The number of hydrogen-bond donors (Lipinski definition) is 2. The van der Waals surface area contributed by atoms with Crippen LogP contribution in [-0.2, 0) is 4.79 Å². The highest BCUT2D eigenvalue weighted by atomic mass is 32.1. The van der Waals surface area contributed by atoms with Crippen LogP contribution in [0.5, 0.6) is 0 Å². The molecule has 0 amide bonds. The minimum Gasteiger partial charge on any atom is -0.480 e. The average molecular weight is 200 g/mol. The number of carbonyl (C=O) groups is 1. The summed E-state index contributed by atoms with van der Waals surface area (Å²) in [7, 11) is 0. The molecule has 1 aromatic heterocycles. The number of rotatable bonds is 5. The highest BCUT2D eigenvalue weighted by molar-refractivity contribution is 7.13. The number of thiazole rings is 1. The molecule has 0 fully saturated rings. The number of anilines is 1. The van der Waals surface area contributed by atoms with Crippen LogP contribution in [0.2, 0.25) is 0 Å². The molecule has 5 heteroatoms. The Morgan fingerprint density at radius 3 is 3.08 bits per heavy atom. The molecule has 0 saturated heterocycles. The van der Waals surface area contributed by atoms with Crippen LogP contribution in [0.15, 0.2) is 11.6 Å². The molecule has 0 bridgehead atoms. The molecule has 1 aromatic rings. The Morgan fingerprint density at radius 2 is 2.62 bits per heavy atom. The summed E-state index contributed by atoms with van der Waals surface area (Å²) >= 11 is 1.41. The Labute approximate surface area is 80.6 Å². The van der Waals surface area contributed by atoms with Gasteiger partial charge in [-0.1, -0.05) is 13.3 Å². The van der Waals surface area contributed by atoms with Crippen LogP contribution in [0.4, 0.5) is 5.13 Å². The SMILES string of the molecule is CCCC(Nc1nccs1)C(=O)O. The van der Waals surface area contributed by atoms with E-state index in [1.807, 2.05) is 12.3 Å². The van der Waals surface area contributed by atoms with Crippen molar-refractivity contribution in [1.82, 2.24) is 4.98 Å². The second kappa shape index (κ2) is 4.81. The van der Waals surface area contributed by atoms with Crippen molar-refractivity contribution in [3.8, 4) is 0 Å². The molecule has 72 valence electrons. The molecule has 0 aliphatic carbocycles. The van der Waals surface area contributed by atoms with Gasteiger partial charge in [0.15, 0.2) is 5.13 Å². The van der Waals surface area contributed by atoms with E-state index in [1.165, 1.54) is 11.3 Å². The molecule has 4 nitrogen and oxygen atoms in total. The van der Waals surface area contributed by atoms with Gasteiger partial charge in [-0.2, -0.15) is 0 Å². The van der Waals surface area contributed by atoms with Gasteiger partial charge in [0.25, 0.3) is 0 Å². The first-order valence-corrected chi connectivity index (χ1v) is 5.01. The zero-order valence-corrected chi connectivity index (χ0v) is 8.17. The molecular weight excluding hydrogens is 188 g/mol. The van der Waals surface area contributed by atoms with Crippen LogP contribution < -0.4 is 5.32 Å². The van der Waals surface area contributed by atoms with Crippen LogP contribution in [0.25, 0.3) is 0 Å². The largest absolute Gasteiger partial charge is 0.480 e. The fraction of sp³-hybridized carbons (Fsp3) is 0.500. The van der Waals surface area contributed by atoms with E-state index in [2.05, 4.69) is 10.3 Å². The van der Waals surface area contributed by atoms with Gasteiger partial charge in [-0.15, -0.1) is 11.3 Å². The first-order chi connectivity index (χ1) is 6.24. The van der Waals surface area contributed by atoms with Gasteiger partial charge < -0.3 is 10.4 Å². The van der Waals surface area contributed by atoms with Crippen molar-refractivity contribution in [1.29, 1.82) is 0 Å². The van der Waals surface area contributed by atoms with E-state index >= 15 is 0 Å². The number of nitrogens with zero attached hydrogens (tertiary/aromatic N) is 1. The van der Waals surface area contributed by atoms with Crippen molar-refractivity contribution in [3.05, 3.63) is 11.6 Å². The maximum absolute atomic E-state index is 10.7. The predicted octanol–water partition coefficient (Wildman–Crippen LogP) is 1.81. The van der Waals surface area contributed by atoms with Gasteiger partial charge >= 0.3 is 5.97 Å². The van der Waals surface area contributed by atoms with Gasteiger partial charge in [0.05, 0.1) is 0 Å². The lowest BCUT2D eigenvalue weighted by Crippen LogP contribution is -2.28. The minimum absolute atomic E-state index is 0.517. The van der Waals surface area contributed by atoms with Gasteiger partial charge in [-0.25, -0.2) is 9.78 Å². The van der Waals surface area contributed by atoms with Crippen LogP contribution in [-0.4, -0.2) is 22.1 Å². The van der Waals surface area contributed by atoms with Crippen LogP contribution >= 0.6 is 11.3 Å². The van der Waals surface area contributed by atoms with E-state index in [9.17, 15) is 4.79 Å². The van der Waals surface area contributed by atoms with Gasteiger partial charge in [-0.3, -0.25) is 0 Å². The van der Waals surface area contributed by atoms with Crippen LogP contribution in [0.1, 0.15) is 19.8 Å². The molecule has 0 aliphatic heterocycles. The number of aliphatic carboxylic acids is 1. The fourth-order valence-electron chi connectivity index (χ4n) is 0.990. The second-order valence-electron chi connectivity index (χ2n) is 2.66. The Balaban J connectivity index is 2.52. The molecule has 0 aliphatic rings. The van der Waals surface area contributed by atoms with Crippen LogP contribution in [0, 0.1) is 0 Å². The van der Waals surface area contributed by atoms with E-state index in [1.54, 1.807) is 6.20 Å². The molecular formula is C8H12N2O2S. The smallest absolute Gasteiger partial charge is 0.326 e. The van der Waals surface area contributed by atoms with E-state index in [0.29, 0.717) is 11.6 Å². The van der Waals surface area contributed by atoms with E-state index in [-0.39, 0.29) is 0 Å². The quantitative estimate of drug-likeness (QED) is 0.761. The molecule has 0 saturated carbocycles. The lowest BCUT2D eigenvalue weighted by molar-refractivity contribution is -0.138. The zero-order valence-electron chi connectivity index (χ0n) is 7.36. The molecule has 1 unspecified atom stereocenters. The molecule has 1 heterocycles. The lowest BCUT2D eigenvalue weighted by atomic mass is 10.2. The first kappa shape index (κ1) is 9.98. The number of aromatic nitrogens is 1. The molecule has 0 aromatic carbocycles. The van der Waals surface area contributed by atoms with Gasteiger partial charge in [0.2, 0.25) is 0 Å². The molecule has 2 N–H and O–H groups in total. The summed E-state index contributed by atoms with van der Waals surface area (Å²) in [4.78, 5) is 14.7. The Bertz CT molecular complexity index is 261. The Morgan fingerprint density at radius 1 is 1.85 bits per heavy atom. The monoisotopic (exact) mass is 200 g/mol. The highest BCUT2D eigenvalue weighted by Crippen LogP contribution is 2.13. The third kappa shape index (κ3) is 3.02. The van der Waals surface area contributed by atoms with E-state index < -0.39 is 12.0 Å². The summed E-state index contributed by atoms with van der Waals surface area (Å²) in [5, 5.41) is 14.2. The van der Waals surface area contributed by atoms with Crippen molar-refractivity contribution >= 4 is 22.4 Å². The van der Waals surface area contributed by atoms with Crippen molar-refractivity contribution < 1.29 is 9.90 Å². The summed E-state index contributed by atoms with van der Waals surface area (Å²) in [6, 6.07) is -0.517. The highest BCUT2D eigenvalue weighted by Gasteiger charge is 2.16. The van der Waals surface area contributed by atoms with Gasteiger partial charge in [0.1, 0.15) is 6.04 Å². The summed E-state index contributed by atoms with van der Waals surface area (Å²) in [5.74, 6) is -0.822. The summed E-state index contributed by atoms with van der Waals surface area (Å²) < 4.78 is 0. The van der Waals surface area contributed by atoms with Crippen molar-refractivity contribution in [2.75, 3.05) is 5.32 Å². The number of nitrogens with one attached hydrogen (secondary N) is 1. The topological polar surface area (TPSA) is 62.2 Å². The van der Waals surface area contributed by atoms with Crippen molar-refractivity contribution in [2.45, 2.75) is 25.8 Å². The normalized spacial score (nSPS) is 12.4. The van der Waals surface area contributed by atoms with Crippen LogP contribution in [0.3, 0.4) is 0 Å². The predicted molar refractivity (Wildman–Crippen MR) is 52.1 cm³/mol. The number of carboxylic acids is 1. The summed E-state index contributed by atoms with van der Waals surface area (Å²) in [6.45, 7) is 1.96. The molecule has 13 heavy (non-hydrogen) atoms. The van der Waals surface area contributed by atoms with E-state index in [0.717, 1.165) is 6.42 Å². The number of carboxylic acid groups (broad SMARTS) is 1. The minimum atomic E-state index is -0.822.